The standard InChI is InChI=1S/2C16H19O2PS2.Zn/c2*1-3-13-9-5-7-11-15(13)18-19(17,20)21-16-12-8-6-10-14(16)4-2;/h2*5-12H,3-4H2,1-2H3,(H,17,20);/q;;+2/p-2. The Bertz CT molecular complexity index is 1330. The first kappa shape index (κ1) is 38.2. The topological polar surface area (TPSA) is 64.6 Å². The smallest absolute Gasteiger partial charge is 0.783 e. The first-order valence-electron chi connectivity index (χ1n) is 13.8. The van der Waals surface area contributed by atoms with E-state index in [0.717, 1.165) is 80.5 Å². The van der Waals surface area contributed by atoms with E-state index in [0.29, 0.717) is 11.5 Å². The summed E-state index contributed by atoms with van der Waals surface area (Å²) in [7, 11) is 0. The van der Waals surface area contributed by atoms with Crippen LogP contribution in [-0.4, -0.2) is 0 Å². The van der Waals surface area contributed by atoms with Crippen molar-refractivity contribution in [2.45, 2.75) is 63.2 Å². The summed E-state index contributed by atoms with van der Waals surface area (Å²) in [5, 5.41) is 0. The van der Waals surface area contributed by atoms with Gasteiger partial charge in [-0.3, -0.25) is 0 Å². The third-order valence-electron chi connectivity index (χ3n) is 6.25. The van der Waals surface area contributed by atoms with Gasteiger partial charge in [-0.05, 0) is 72.2 Å². The predicted molar refractivity (Wildman–Crippen MR) is 185 cm³/mol. The van der Waals surface area contributed by atoms with Gasteiger partial charge in [0, 0.05) is 9.79 Å². The van der Waals surface area contributed by atoms with Crippen LogP contribution in [0.1, 0.15) is 49.9 Å². The van der Waals surface area contributed by atoms with E-state index >= 15 is 0 Å². The second-order valence-electron chi connectivity index (χ2n) is 9.10. The molecule has 0 aromatic heterocycles. The number of para-hydroxylation sites is 2. The first-order chi connectivity index (χ1) is 20.1. The molecule has 0 radical (unpaired) electrons. The summed E-state index contributed by atoms with van der Waals surface area (Å²) in [6, 6.07) is 31.0. The van der Waals surface area contributed by atoms with Crippen molar-refractivity contribution in [3.63, 3.8) is 0 Å². The molecular formula is C32H36O4P2S4Zn. The Morgan fingerprint density at radius 3 is 1.12 bits per heavy atom. The van der Waals surface area contributed by atoms with Gasteiger partial charge in [0.2, 0.25) is 0 Å². The van der Waals surface area contributed by atoms with Crippen molar-refractivity contribution >= 4 is 57.8 Å². The van der Waals surface area contributed by atoms with Crippen molar-refractivity contribution in [1.82, 2.24) is 0 Å². The van der Waals surface area contributed by atoms with Gasteiger partial charge < -0.3 is 18.8 Å². The summed E-state index contributed by atoms with van der Waals surface area (Å²) in [5.74, 6) is 1.25. The van der Waals surface area contributed by atoms with Crippen LogP contribution in [-0.2, 0) is 68.8 Å². The van der Waals surface area contributed by atoms with Crippen LogP contribution >= 0.6 is 34.2 Å². The van der Waals surface area contributed by atoms with Crippen LogP contribution in [0.5, 0.6) is 11.5 Å². The fourth-order valence-corrected chi connectivity index (χ4v) is 11.5. The fourth-order valence-electron chi connectivity index (χ4n) is 4.06. The van der Waals surface area contributed by atoms with E-state index in [2.05, 4.69) is 13.8 Å². The Balaban J connectivity index is 0.000000293. The van der Waals surface area contributed by atoms with Crippen molar-refractivity contribution in [3.8, 4) is 11.5 Å². The van der Waals surface area contributed by atoms with Gasteiger partial charge >= 0.3 is 19.5 Å². The third-order valence-corrected chi connectivity index (χ3v) is 13.5. The number of rotatable bonds is 12. The quantitative estimate of drug-likeness (QED) is 0.105. The summed E-state index contributed by atoms with van der Waals surface area (Å²) in [4.78, 5) is 27.2. The molecule has 4 rings (SSSR count). The van der Waals surface area contributed by atoms with Gasteiger partial charge in [-0.1, -0.05) is 147 Å². The maximum absolute atomic E-state index is 12.6. The summed E-state index contributed by atoms with van der Waals surface area (Å²) in [6.45, 7) is 8.22. The average Bonchev–Trinajstić information content (AvgIpc) is 2.98. The Labute approximate surface area is 288 Å². The van der Waals surface area contributed by atoms with Crippen LogP contribution in [0.2, 0.25) is 0 Å². The molecule has 4 aromatic carbocycles. The van der Waals surface area contributed by atoms with Crippen molar-refractivity contribution in [2.24, 2.45) is 0 Å². The van der Waals surface area contributed by atoms with E-state index in [-0.39, 0.29) is 19.5 Å². The summed E-state index contributed by atoms with van der Waals surface area (Å²) in [5.41, 5.74) is -2.11. The molecule has 0 saturated heterocycles. The molecule has 2 atom stereocenters. The molecule has 224 valence electrons. The number of hydrogen-bond acceptors (Lipinski definition) is 8. The molecule has 0 amide bonds. The maximum Gasteiger partial charge on any atom is 2.00 e. The zero-order valence-corrected chi connectivity index (χ0v) is 33.0. The number of benzene rings is 4. The Morgan fingerprint density at radius 2 is 0.791 bits per heavy atom. The molecule has 43 heavy (non-hydrogen) atoms. The molecule has 0 bridgehead atoms. The SMILES string of the molecule is CCc1ccccc1OP([O-])(=S)Sc1ccccc1CC.CCc1ccccc1OP([O-])(=S)Sc1ccccc1CC.[Zn+2]. The minimum absolute atomic E-state index is 0. The monoisotopic (exact) mass is 738 g/mol. The van der Waals surface area contributed by atoms with Gasteiger partial charge in [0.15, 0.2) is 0 Å². The summed E-state index contributed by atoms with van der Waals surface area (Å²) in [6.07, 6.45) is 3.40. The van der Waals surface area contributed by atoms with Crippen LogP contribution in [0.15, 0.2) is 107 Å². The summed E-state index contributed by atoms with van der Waals surface area (Å²) < 4.78 is 11.3. The van der Waals surface area contributed by atoms with Crippen LogP contribution in [0.25, 0.3) is 0 Å². The molecule has 2 unspecified atom stereocenters. The van der Waals surface area contributed by atoms with Crippen LogP contribution in [0.3, 0.4) is 0 Å². The van der Waals surface area contributed by atoms with Crippen molar-refractivity contribution in [3.05, 3.63) is 119 Å². The van der Waals surface area contributed by atoms with E-state index in [1.54, 1.807) is 0 Å². The van der Waals surface area contributed by atoms with Crippen LogP contribution in [0, 0.1) is 0 Å². The van der Waals surface area contributed by atoms with E-state index in [9.17, 15) is 9.79 Å². The van der Waals surface area contributed by atoms with E-state index in [1.165, 1.54) is 0 Å². The molecule has 11 heteroatoms. The van der Waals surface area contributed by atoms with Crippen molar-refractivity contribution in [1.29, 1.82) is 0 Å². The normalized spacial score (nSPS) is 13.3. The molecule has 0 heterocycles. The van der Waals surface area contributed by atoms with Gasteiger partial charge in [0.25, 0.3) is 0 Å². The molecule has 0 aliphatic carbocycles. The van der Waals surface area contributed by atoms with Gasteiger partial charge in [-0.15, -0.1) is 0 Å². The van der Waals surface area contributed by atoms with Gasteiger partial charge in [-0.25, -0.2) is 0 Å². The molecule has 0 saturated carbocycles. The third kappa shape index (κ3) is 12.4. The van der Waals surface area contributed by atoms with Gasteiger partial charge in [0.1, 0.15) is 22.9 Å². The Morgan fingerprint density at radius 1 is 0.512 bits per heavy atom. The molecule has 4 aromatic rings. The minimum atomic E-state index is -3.22. The van der Waals surface area contributed by atoms with E-state index in [4.69, 9.17) is 32.7 Å². The zero-order valence-electron chi connectivity index (χ0n) is 24.9. The van der Waals surface area contributed by atoms with E-state index < -0.39 is 11.4 Å². The van der Waals surface area contributed by atoms with Crippen molar-refractivity contribution in [2.75, 3.05) is 0 Å². The average molecular weight is 740 g/mol. The number of aryl methyl sites for hydroxylation is 4. The van der Waals surface area contributed by atoms with Gasteiger partial charge in [-0.2, -0.15) is 0 Å². The Hall–Kier alpha value is -0.977. The molecule has 0 aliphatic rings. The first-order valence-corrected chi connectivity index (χ1v) is 21.9. The maximum atomic E-state index is 12.6. The molecule has 4 nitrogen and oxygen atoms in total. The van der Waals surface area contributed by atoms with Gasteiger partial charge in [0.05, 0.1) is 0 Å². The molecular weight excluding hydrogens is 704 g/mol. The fraction of sp³-hybridized carbons (Fsp3) is 0.250. The van der Waals surface area contributed by atoms with Crippen LogP contribution < -0.4 is 18.8 Å². The molecule has 0 N–H and O–H groups in total. The van der Waals surface area contributed by atoms with Crippen molar-refractivity contribution < 1.29 is 38.3 Å². The second kappa shape index (κ2) is 18.9. The molecule has 0 fully saturated rings. The summed E-state index contributed by atoms with van der Waals surface area (Å²) >= 11 is 12.8. The zero-order chi connectivity index (χ0) is 30.6. The number of hydrogen-bond donors (Lipinski definition) is 0. The Kier molecular flexibility index (Phi) is 16.8. The molecule has 0 aliphatic heterocycles. The second-order valence-corrected chi connectivity index (χ2v) is 20.8. The minimum Gasteiger partial charge on any atom is -0.783 e. The molecule has 0 spiro atoms. The van der Waals surface area contributed by atoms with Crippen LogP contribution in [0.4, 0.5) is 0 Å². The van der Waals surface area contributed by atoms with E-state index in [1.807, 2.05) is 111 Å². The predicted octanol–water partition coefficient (Wildman–Crippen LogP) is 9.13. The largest absolute Gasteiger partial charge is 2.00 e.